The van der Waals surface area contributed by atoms with Gasteiger partial charge in [0.1, 0.15) is 6.17 Å². The van der Waals surface area contributed by atoms with E-state index < -0.39 is 0 Å². The monoisotopic (exact) mass is 335 g/mol. The molecule has 24 heavy (non-hydrogen) atoms. The number of fused-ring (bicyclic) bond motifs is 1. The summed E-state index contributed by atoms with van der Waals surface area (Å²) in [5.41, 5.74) is 3.29. The minimum Gasteiger partial charge on any atom is -0.361 e. The highest BCUT2D eigenvalue weighted by Gasteiger charge is 2.37. The summed E-state index contributed by atoms with van der Waals surface area (Å²) in [5, 5.41) is 4.10. The number of aromatic nitrogens is 1. The first-order chi connectivity index (χ1) is 11.7. The van der Waals surface area contributed by atoms with Gasteiger partial charge in [-0.25, -0.2) is 0 Å². The Labute approximate surface area is 144 Å². The molecule has 0 bridgehead atoms. The van der Waals surface area contributed by atoms with Crippen LogP contribution in [0.4, 0.5) is 11.4 Å². The van der Waals surface area contributed by atoms with Crippen LogP contribution in [0.3, 0.4) is 0 Å². The summed E-state index contributed by atoms with van der Waals surface area (Å²) in [5.74, 6) is -0.0370. The quantitative estimate of drug-likeness (QED) is 0.766. The Bertz CT molecular complexity index is 881. The van der Waals surface area contributed by atoms with Crippen LogP contribution in [0.2, 0.25) is 5.02 Å². The SMILES string of the molecule is O=C1c2ccccc2[C@H](Nc2ccc(Cl)cc2)N1c1cccnc1. The number of hydrogen-bond acceptors (Lipinski definition) is 3. The predicted molar refractivity (Wildman–Crippen MR) is 95.3 cm³/mol. The highest BCUT2D eigenvalue weighted by atomic mass is 35.5. The molecule has 118 valence electrons. The van der Waals surface area contributed by atoms with Gasteiger partial charge in [-0.1, -0.05) is 29.8 Å². The molecule has 4 rings (SSSR count). The molecular weight excluding hydrogens is 322 g/mol. The third-order valence-corrected chi connectivity index (χ3v) is 4.29. The molecular formula is C19H14ClN3O. The molecule has 0 saturated carbocycles. The summed E-state index contributed by atoms with van der Waals surface area (Å²) >= 11 is 5.96. The maximum atomic E-state index is 12.9. The average Bonchev–Trinajstić information content (AvgIpc) is 2.90. The Hall–Kier alpha value is -2.85. The Morgan fingerprint density at radius 1 is 1.00 bits per heavy atom. The second kappa shape index (κ2) is 5.98. The number of halogens is 1. The van der Waals surface area contributed by atoms with Crippen molar-refractivity contribution in [1.82, 2.24) is 4.98 Å². The van der Waals surface area contributed by atoms with Crippen molar-refractivity contribution < 1.29 is 4.79 Å². The molecule has 0 fully saturated rings. The van der Waals surface area contributed by atoms with Crippen LogP contribution < -0.4 is 10.2 Å². The number of pyridine rings is 1. The Balaban J connectivity index is 1.77. The molecule has 4 nitrogen and oxygen atoms in total. The van der Waals surface area contributed by atoms with Crippen molar-refractivity contribution in [2.75, 3.05) is 10.2 Å². The molecule has 2 aromatic carbocycles. The fourth-order valence-electron chi connectivity index (χ4n) is 2.93. The van der Waals surface area contributed by atoms with Crippen LogP contribution in [0, 0.1) is 0 Å². The van der Waals surface area contributed by atoms with Gasteiger partial charge in [-0.2, -0.15) is 0 Å². The molecule has 2 heterocycles. The van der Waals surface area contributed by atoms with Gasteiger partial charge in [0.25, 0.3) is 5.91 Å². The first kappa shape index (κ1) is 14.7. The largest absolute Gasteiger partial charge is 0.361 e. The van der Waals surface area contributed by atoms with E-state index >= 15 is 0 Å². The molecule has 1 atom stereocenters. The summed E-state index contributed by atoms with van der Waals surface area (Å²) < 4.78 is 0. The molecule has 1 N–H and O–H groups in total. The zero-order valence-corrected chi connectivity index (χ0v) is 13.4. The van der Waals surface area contributed by atoms with Crippen molar-refractivity contribution >= 4 is 28.9 Å². The zero-order valence-electron chi connectivity index (χ0n) is 12.7. The number of amides is 1. The third kappa shape index (κ3) is 2.51. The minimum absolute atomic E-state index is 0.0370. The molecule has 0 spiro atoms. The van der Waals surface area contributed by atoms with Gasteiger partial charge in [0, 0.05) is 28.0 Å². The fourth-order valence-corrected chi connectivity index (χ4v) is 3.05. The molecule has 0 saturated heterocycles. The number of carbonyl (C=O) groups excluding carboxylic acids is 1. The van der Waals surface area contributed by atoms with Gasteiger partial charge in [-0.3, -0.25) is 14.7 Å². The van der Waals surface area contributed by atoms with Crippen molar-refractivity contribution in [2.24, 2.45) is 0 Å². The second-order valence-electron chi connectivity index (χ2n) is 5.53. The van der Waals surface area contributed by atoms with Crippen molar-refractivity contribution in [3.8, 4) is 0 Å². The number of nitrogens with zero attached hydrogens (tertiary/aromatic N) is 2. The summed E-state index contributed by atoms with van der Waals surface area (Å²) in [6.45, 7) is 0. The predicted octanol–water partition coefficient (Wildman–Crippen LogP) is 4.51. The first-order valence-corrected chi connectivity index (χ1v) is 7.96. The van der Waals surface area contributed by atoms with Gasteiger partial charge < -0.3 is 5.32 Å². The number of nitrogens with one attached hydrogen (secondary N) is 1. The lowest BCUT2D eigenvalue weighted by Gasteiger charge is -2.26. The van der Waals surface area contributed by atoms with E-state index in [9.17, 15) is 4.79 Å². The van der Waals surface area contributed by atoms with Gasteiger partial charge in [-0.15, -0.1) is 0 Å². The van der Waals surface area contributed by atoms with E-state index in [1.807, 2.05) is 60.7 Å². The summed E-state index contributed by atoms with van der Waals surface area (Å²) in [6.07, 6.45) is 3.10. The molecule has 0 unspecified atom stereocenters. The van der Waals surface area contributed by atoms with Gasteiger partial charge in [0.15, 0.2) is 0 Å². The number of anilines is 2. The Morgan fingerprint density at radius 3 is 2.54 bits per heavy atom. The van der Waals surface area contributed by atoms with E-state index in [0.717, 1.165) is 16.9 Å². The van der Waals surface area contributed by atoms with Crippen LogP contribution >= 0.6 is 11.6 Å². The normalized spacial score (nSPS) is 16.1. The van der Waals surface area contributed by atoms with Crippen molar-refractivity contribution in [3.05, 3.63) is 89.2 Å². The van der Waals surface area contributed by atoms with E-state index in [4.69, 9.17) is 11.6 Å². The molecule has 1 aliphatic heterocycles. The minimum atomic E-state index is -0.293. The molecule has 0 radical (unpaired) electrons. The van der Waals surface area contributed by atoms with E-state index in [0.29, 0.717) is 10.6 Å². The van der Waals surface area contributed by atoms with Gasteiger partial charge in [0.2, 0.25) is 0 Å². The molecule has 1 aliphatic rings. The summed E-state index contributed by atoms with van der Waals surface area (Å²) in [4.78, 5) is 18.8. The van der Waals surface area contributed by atoms with Gasteiger partial charge in [-0.05, 0) is 42.5 Å². The Morgan fingerprint density at radius 2 is 1.79 bits per heavy atom. The van der Waals surface area contributed by atoms with Crippen LogP contribution in [0.5, 0.6) is 0 Å². The van der Waals surface area contributed by atoms with Crippen LogP contribution in [0.25, 0.3) is 0 Å². The van der Waals surface area contributed by atoms with Gasteiger partial charge >= 0.3 is 0 Å². The van der Waals surface area contributed by atoms with Crippen molar-refractivity contribution in [1.29, 1.82) is 0 Å². The first-order valence-electron chi connectivity index (χ1n) is 7.59. The van der Waals surface area contributed by atoms with E-state index in [1.54, 1.807) is 17.3 Å². The maximum absolute atomic E-state index is 12.9. The second-order valence-corrected chi connectivity index (χ2v) is 5.96. The number of carbonyl (C=O) groups is 1. The van der Waals surface area contributed by atoms with Crippen LogP contribution in [0.15, 0.2) is 73.1 Å². The number of benzene rings is 2. The highest BCUT2D eigenvalue weighted by molar-refractivity contribution is 6.30. The number of rotatable bonds is 3. The van der Waals surface area contributed by atoms with Crippen molar-refractivity contribution in [2.45, 2.75) is 6.17 Å². The van der Waals surface area contributed by atoms with Crippen molar-refractivity contribution in [3.63, 3.8) is 0 Å². The lowest BCUT2D eigenvalue weighted by Crippen LogP contribution is -2.32. The third-order valence-electron chi connectivity index (χ3n) is 4.03. The Kier molecular flexibility index (Phi) is 3.67. The van der Waals surface area contributed by atoms with Crippen LogP contribution in [-0.2, 0) is 0 Å². The highest BCUT2D eigenvalue weighted by Crippen LogP contribution is 2.37. The summed E-state index contributed by atoms with van der Waals surface area (Å²) in [7, 11) is 0. The smallest absolute Gasteiger partial charge is 0.260 e. The van der Waals surface area contributed by atoms with E-state index in [2.05, 4.69) is 10.3 Å². The average molecular weight is 336 g/mol. The van der Waals surface area contributed by atoms with Crippen LogP contribution in [0.1, 0.15) is 22.1 Å². The zero-order chi connectivity index (χ0) is 16.5. The maximum Gasteiger partial charge on any atom is 0.260 e. The lowest BCUT2D eigenvalue weighted by molar-refractivity contribution is 0.0993. The standard InChI is InChI=1S/C19H14ClN3O/c20-13-7-9-14(10-8-13)22-18-16-5-1-2-6-17(16)19(24)23(18)15-4-3-11-21-12-15/h1-12,18,22H/t18-/m1/s1. The molecule has 1 amide bonds. The number of hydrogen-bond donors (Lipinski definition) is 1. The topological polar surface area (TPSA) is 45.2 Å². The molecule has 3 aromatic rings. The lowest BCUT2D eigenvalue weighted by atomic mass is 10.1. The molecule has 5 heteroatoms. The fraction of sp³-hybridized carbons (Fsp3) is 0.0526. The molecule has 0 aliphatic carbocycles. The van der Waals surface area contributed by atoms with E-state index in [-0.39, 0.29) is 12.1 Å². The van der Waals surface area contributed by atoms with E-state index in [1.165, 1.54) is 0 Å². The molecule has 1 aromatic heterocycles. The van der Waals surface area contributed by atoms with Crippen LogP contribution in [-0.4, -0.2) is 10.9 Å². The summed E-state index contributed by atoms with van der Waals surface area (Å²) in [6, 6.07) is 18.8. The van der Waals surface area contributed by atoms with Gasteiger partial charge in [0.05, 0.1) is 11.9 Å².